The third-order valence-electron chi connectivity index (χ3n) is 3.19. The molecule has 0 amide bonds. The van der Waals surface area contributed by atoms with E-state index in [1.54, 1.807) is 6.08 Å². The summed E-state index contributed by atoms with van der Waals surface area (Å²) in [4.78, 5) is 14.4. The molecule has 1 fully saturated rings. The van der Waals surface area contributed by atoms with Crippen molar-refractivity contribution in [3.8, 4) is 5.75 Å². The molecule has 1 aromatic carbocycles. The van der Waals surface area contributed by atoms with Crippen molar-refractivity contribution < 1.29 is 14.3 Å². The Morgan fingerprint density at radius 1 is 1.41 bits per heavy atom. The molecule has 2 aliphatic rings. The predicted molar refractivity (Wildman–Crippen MR) is 63.5 cm³/mol. The van der Waals surface area contributed by atoms with Crippen LogP contribution in [0.25, 0.3) is 0 Å². The zero-order chi connectivity index (χ0) is 11.9. The first-order valence-corrected chi connectivity index (χ1v) is 6.17. The first-order chi connectivity index (χ1) is 8.25. The Hall–Kier alpha value is -1.16. The molecule has 0 saturated heterocycles. The normalized spacial score (nSPS) is 19.8. The number of ether oxygens (including phenoxy) is 2. The van der Waals surface area contributed by atoms with Gasteiger partial charge in [0.2, 0.25) is 6.08 Å². The number of halogens is 1. The molecule has 1 saturated carbocycles. The summed E-state index contributed by atoms with van der Waals surface area (Å²) >= 11 is 3.52. The van der Waals surface area contributed by atoms with Gasteiger partial charge in [-0.3, -0.25) is 0 Å². The van der Waals surface area contributed by atoms with E-state index >= 15 is 0 Å². The number of fused-ring (bicyclic) bond motifs is 1. The van der Waals surface area contributed by atoms with Crippen molar-refractivity contribution in [2.24, 2.45) is 4.99 Å². The molecule has 0 unspecified atom stereocenters. The van der Waals surface area contributed by atoms with Crippen molar-refractivity contribution in [1.29, 1.82) is 0 Å². The van der Waals surface area contributed by atoms with Crippen LogP contribution in [-0.2, 0) is 21.7 Å². The van der Waals surface area contributed by atoms with Crippen molar-refractivity contribution in [3.63, 3.8) is 0 Å². The highest BCUT2D eigenvalue weighted by molar-refractivity contribution is 9.10. The van der Waals surface area contributed by atoms with Crippen LogP contribution in [0.3, 0.4) is 0 Å². The highest BCUT2D eigenvalue weighted by Crippen LogP contribution is 2.52. The van der Waals surface area contributed by atoms with Crippen LogP contribution >= 0.6 is 15.9 Å². The third-order valence-corrected chi connectivity index (χ3v) is 3.85. The molecular weight excluding hydrogens is 286 g/mol. The van der Waals surface area contributed by atoms with Crippen molar-refractivity contribution in [2.75, 3.05) is 6.79 Å². The Balaban J connectivity index is 2.08. The minimum Gasteiger partial charge on any atom is -0.467 e. The quantitative estimate of drug-likeness (QED) is 0.622. The van der Waals surface area contributed by atoms with Gasteiger partial charge in [-0.05, 0) is 30.5 Å². The van der Waals surface area contributed by atoms with Gasteiger partial charge < -0.3 is 9.47 Å². The van der Waals surface area contributed by atoms with E-state index in [1.165, 1.54) is 0 Å². The fourth-order valence-corrected chi connectivity index (χ4v) is 2.86. The monoisotopic (exact) mass is 295 g/mol. The van der Waals surface area contributed by atoms with E-state index in [0.717, 1.165) is 34.2 Å². The zero-order valence-corrected chi connectivity index (χ0v) is 10.6. The average molecular weight is 296 g/mol. The van der Waals surface area contributed by atoms with E-state index in [2.05, 4.69) is 20.9 Å². The van der Waals surface area contributed by atoms with Crippen LogP contribution in [0.1, 0.15) is 24.0 Å². The molecule has 17 heavy (non-hydrogen) atoms. The second kappa shape index (κ2) is 3.95. The first-order valence-electron chi connectivity index (χ1n) is 5.38. The Labute approximate surface area is 107 Å². The molecule has 0 atom stereocenters. The van der Waals surface area contributed by atoms with E-state index in [0.29, 0.717) is 6.61 Å². The summed E-state index contributed by atoms with van der Waals surface area (Å²) in [6.45, 7) is 0.830. The molecule has 88 valence electrons. The maximum absolute atomic E-state index is 10.5. The van der Waals surface area contributed by atoms with Gasteiger partial charge in [-0.15, -0.1) is 0 Å². The molecule has 0 aromatic heterocycles. The summed E-state index contributed by atoms with van der Waals surface area (Å²) in [6.07, 6.45) is 3.43. The molecular formula is C12H10BrNO3. The SMILES string of the molecule is O=C=NC1(c2cc3c(cc2Br)COCO3)CC1. The van der Waals surface area contributed by atoms with Crippen molar-refractivity contribution >= 4 is 22.0 Å². The topological polar surface area (TPSA) is 47.9 Å². The smallest absolute Gasteiger partial charge is 0.235 e. The van der Waals surface area contributed by atoms with Crippen LogP contribution in [0.15, 0.2) is 21.6 Å². The van der Waals surface area contributed by atoms with Crippen LogP contribution in [-0.4, -0.2) is 12.9 Å². The highest BCUT2D eigenvalue weighted by atomic mass is 79.9. The molecule has 0 bridgehead atoms. The number of benzene rings is 1. The van der Waals surface area contributed by atoms with E-state index in [9.17, 15) is 4.79 Å². The van der Waals surface area contributed by atoms with Crippen LogP contribution < -0.4 is 4.74 Å². The Morgan fingerprint density at radius 3 is 2.94 bits per heavy atom. The van der Waals surface area contributed by atoms with Gasteiger partial charge in [0, 0.05) is 10.0 Å². The minimum absolute atomic E-state index is 0.276. The summed E-state index contributed by atoms with van der Waals surface area (Å²) in [7, 11) is 0. The summed E-state index contributed by atoms with van der Waals surface area (Å²) in [5.41, 5.74) is 1.64. The van der Waals surface area contributed by atoms with Crippen LogP contribution in [0.4, 0.5) is 0 Å². The van der Waals surface area contributed by atoms with Gasteiger partial charge >= 0.3 is 0 Å². The number of rotatable bonds is 2. The second-order valence-corrected chi connectivity index (χ2v) is 5.14. The van der Waals surface area contributed by atoms with E-state index in [-0.39, 0.29) is 12.3 Å². The van der Waals surface area contributed by atoms with Crippen molar-refractivity contribution in [3.05, 3.63) is 27.7 Å². The summed E-state index contributed by atoms with van der Waals surface area (Å²) in [5.74, 6) is 0.821. The first kappa shape index (κ1) is 11.0. The Kier molecular flexibility index (Phi) is 2.54. The van der Waals surface area contributed by atoms with Crippen LogP contribution in [0, 0.1) is 0 Å². The van der Waals surface area contributed by atoms with E-state index in [4.69, 9.17) is 9.47 Å². The number of nitrogens with zero attached hydrogens (tertiary/aromatic N) is 1. The lowest BCUT2D eigenvalue weighted by molar-refractivity contribution is -0.0165. The number of isocyanates is 1. The molecule has 0 spiro atoms. The highest BCUT2D eigenvalue weighted by Gasteiger charge is 2.46. The molecule has 0 radical (unpaired) electrons. The van der Waals surface area contributed by atoms with Gasteiger partial charge in [0.05, 0.1) is 12.1 Å². The maximum Gasteiger partial charge on any atom is 0.235 e. The summed E-state index contributed by atoms with van der Waals surface area (Å²) < 4.78 is 11.6. The molecule has 3 rings (SSSR count). The van der Waals surface area contributed by atoms with Gasteiger partial charge in [-0.2, -0.15) is 4.99 Å². The Bertz CT molecular complexity index is 519. The molecule has 1 aliphatic carbocycles. The van der Waals surface area contributed by atoms with E-state index < -0.39 is 0 Å². The molecule has 4 nitrogen and oxygen atoms in total. The molecule has 0 N–H and O–H groups in total. The lowest BCUT2D eigenvalue weighted by Crippen LogP contribution is -2.13. The van der Waals surface area contributed by atoms with Gasteiger partial charge in [-0.1, -0.05) is 15.9 Å². The van der Waals surface area contributed by atoms with Gasteiger partial charge in [0.25, 0.3) is 0 Å². The van der Waals surface area contributed by atoms with Crippen molar-refractivity contribution in [1.82, 2.24) is 0 Å². The zero-order valence-electron chi connectivity index (χ0n) is 9.03. The van der Waals surface area contributed by atoms with E-state index in [1.807, 2.05) is 12.1 Å². The van der Waals surface area contributed by atoms with Crippen LogP contribution in [0.5, 0.6) is 5.75 Å². The van der Waals surface area contributed by atoms with Gasteiger partial charge in [0.1, 0.15) is 5.75 Å². The minimum atomic E-state index is -0.378. The van der Waals surface area contributed by atoms with Crippen molar-refractivity contribution in [2.45, 2.75) is 25.0 Å². The average Bonchev–Trinajstić information content (AvgIpc) is 3.09. The molecule has 5 heteroatoms. The number of hydrogen-bond donors (Lipinski definition) is 0. The predicted octanol–water partition coefficient (Wildman–Crippen LogP) is 2.64. The molecule has 1 aliphatic heterocycles. The molecule has 1 heterocycles. The lowest BCUT2D eigenvalue weighted by atomic mass is 10.0. The largest absolute Gasteiger partial charge is 0.467 e. The second-order valence-electron chi connectivity index (χ2n) is 4.29. The fourth-order valence-electron chi connectivity index (χ4n) is 2.10. The lowest BCUT2D eigenvalue weighted by Gasteiger charge is -2.21. The Morgan fingerprint density at radius 2 is 2.24 bits per heavy atom. The van der Waals surface area contributed by atoms with Crippen LogP contribution in [0.2, 0.25) is 0 Å². The molecule has 1 aromatic rings. The summed E-state index contributed by atoms with van der Waals surface area (Å²) in [5, 5.41) is 0. The number of carbonyl (C=O) groups excluding carboxylic acids is 1. The number of hydrogen-bond acceptors (Lipinski definition) is 4. The van der Waals surface area contributed by atoms with Gasteiger partial charge in [-0.25, -0.2) is 4.79 Å². The van der Waals surface area contributed by atoms with Gasteiger partial charge in [0.15, 0.2) is 6.79 Å². The summed E-state index contributed by atoms with van der Waals surface area (Å²) in [6, 6.07) is 3.93. The maximum atomic E-state index is 10.5. The third kappa shape index (κ3) is 1.80. The fraction of sp³-hybridized carbons (Fsp3) is 0.417. The standard InChI is InChI=1S/C12H10BrNO3/c13-10-3-8-5-16-7-17-11(8)4-9(10)12(1-2-12)14-6-15/h3-4H,1-2,5,7H2. The number of aliphatic imine (C=N–C) groups is 1.